The van der Waals surface area contributed by atoms with Crippen LogP contribution in [-0.2, 0) is 13.0 Å². The second-order valence-corrected chi connectivity index (χ2v) is 5.88. The molecule has 0 fully saturated rings. The first-order chi connectivity index (χ1) is 11.6. The number of guanidine groups is 1. The molecule has 0 amide bonds. The van der Waals surface area contributed by atoms with Gasteiger partial charge in [-0.2, -0.15) is 0 Å². The van der Waals surface area contributed by atoms with Crippen molar-refractivity contribution in [1.29, 1.82) is 0 Å². The fourth-order valence-corrected chi connectivity index (χ4v) is 2.56. The number of aliphatic imine (C=N–C) groups is 1. The molecule has 2 rings (SSSR count). The first-order valence-electron chi connectivity index (χ1n) is 8.26. The van der Waals surface area contributed by atoms with Crippen molar-refractivity contribution in [2.45, 2.75) is 26.8 Å². The van der Waals surface area contributed by atoms with E-state index >= 15 is 0 Å². The summed E-state index contributed by atoms with van der Waals surface area (Å²) in [5, 5.41) is 6.72. The Morgan fingerprint density at radius 1 is 1.04 bits per heavy atom. The van der Waals surface area contributed by atoms with Crippen LogP contribution < -0.4 is 15.4 Å². The summed E-state index contributed by atoms with van der Waals surface area (Å²) in [5.41, 5.74) is 5.15. The zero-order valence-corrected chi connectivity index (χ0v) is 15.0. The number of aryl methyl sites for hydroxylation is 2. The number of hydrogen-bond donors (Lipinski definition) is 2. The van der Waals surface area contributed by atoms with Crippen LogP contribution in [-0.4, -0.2) is 26.7 Å². The molecule has 0 radical (unpaired) electrons. The first-order valence-corrected chi connectivity index (χ1v) is 8.26. The van der Waals surface area contributed by atoms with Crippen LogP contribution in [0.1, 0.15) is 22.3 Å². The Kier molecular flexibility index (Phi) is 6.67. The van der Waals surface area contributed by atoms with Crippen molar-refractivity contribution in [2.75, 3.05) is 20.7 Å². The third-order valence-corrected chi connectivity index (χ3v) is 4.03. The molecule has 0 heterocycles. The summed E-state index contributed by atoms with van der Waals surface area (Å²) >= 11 is 0. The zero-order valence-electron chi connectivity index (χ0n) is 15.0. The topological polar surface area (TPSA) is 45.7 Å². The molecule has 0 aromatic heterocycles. The van der Waals surface area contributed by atoms with E-state index in [2.05, 4.69) is 59.8 Å². The Hall–Kier alpha value is -2.49. The molecule has 2 aromatic rings. The summed E-state index contributed by atoms with van der Waals surface area (Å²) in [6.45, 7) is 5.86. The molecule has 24 heavy (non-hydrogen) atoms. The quantitative estimate of drug-likeness (QED) is 0.633. The normalized spacial score (nSPS) is 11.2. The number of rotatable bonds is 6. The molecular formula is C20H27N3O. The molecule has 0 aliphatic heterocycles. The number of nitrogens with zero attached hydrogens (tertiary/aromatic N) is 1. The smallest absolute Gasteiger partial charge is 0.191 e. The maximum Gasteiger partial charge on any atom is 0.191 e. The van der Waals surface area contributed by atoms with Crippen molar-refractivity contribution >= 4 is 5.96 Å². The molecule has 0 bridgehead atoms. The van der Waals surface area contributed by atoms with E-state index in [1.807, 2.05) is 12.1 Å². The van der Waals surface area contributed by atoms with Gasteiger partial charge in [0.2, 0.25) is 0 Å². The van der Waals surface area contributed by atoms with Crippen LogP contribution in [0.3, 0.4) is 0 Å². The first kappa shape index (κ1) is 17.9. The predicted molar refractivity (Wildman–Crippen MR) is 101 cm³/mol. The van der Waals surface area contributed by atoms with Crippen LogP contribution in [0.4, 0.5) is 0 Å². The highest BCUT2D eigenvalue weighted by atomic mass is 16.5. The van der Waals surface area contributed by atoms with Crippen LogP contribution in [0.2, 0.25) is 0 Å². The van der Waals surface area contributed by atoms with Crippen molar-refractivity contribution in [1.82, 2.24) is 10.6 Å². The molecule has 0 atom stereocenters. The standard InChI is InChI=1S/C20H27N3O/c1-15-5-8-18(16(2)13-15)14-23-20(21-3)22-12-11-17-6-9-19(24-4)10-7-17/h5-10,13H,11-12,14H2,1-4H3,(H2,21,22,23). The average molecular weight is 325 g/mol. The minimum Gasteiger partial charge on any atom is -0.497 e. The predicted octanol–water partition coefficient (Wildman–Crippen LogP) is 3.22. The molecule has 0 saturated heterocycles. The van der Waals surface area contributed by atoms with Crippen LogP contribution >= 0.6 is 0 Å². The Labute approximate surface area is 145 Å². The summed E-state index contributed by atoms with van der Waals surface area (Å²) in [7, 11) is 3.48. The highest BCUT2D eigenvalue weighted by Gasteiger charge is 2.02. The lowest BCUT2D eigenvalue weighted by Gasteiger charge is -2.13. The molecular weight excluding hydrogens is 298 g/mol. The third-order valence-electron chi connectivity index (χ3n) is 4.03. The molecule has 0 aliphatic rings. The largest absolute Gasteiger partial charge is 0.497 e. The fraction of sp³-hybridized carbons (Fsp3) is 0.350. The molecule has 0 aliphatic carbocycles. The van der Waals surface area contributed by atoms with Crippen LogP contribution in [0, 0.1) is 13.8 Å². The lowest BCUT2D eigenvalue weighted by Crippen LogP contribution is -2.38. The Morgan fingerprint density at radius 2 is 1.79 bits per heavy atom. The van der Waals surface area contributed by atoms with Gasteiger partial charge in [0, 0.05) is 20.1 Å². The van der Waals surface area contributed by atoms with Gasteiger partial charge in [0.15, 0.2) is 5.96 Å². The lowest BCUT2D eigenvalue weighted by molar-refractivity contribution is 0.414. The van der Waals surface area contributed by atoms with E-state index in [0.29, 0.717) is 0 Å². The summed E-state index contributed by atoms with van der Waals surface area (Å²) in [6, 6.07) is 14.7. The van der Waals surface area contributed by atoms with Gasteiger partial charge >= 0.3 is 0 Å². The van der Waals surface area contributed by atoms with Crippen LogP contribution in [0.25, 0.3) is 0 Å². The van der Waals surface area contributed by atoms with E-state index in [1.54, 1.807) is 14.2 Å². The molecule has 4 nitrogen and oxygen atoms in total. The number of nitrogens with one attached hydrogen (secondary N) is 2. The Balaban J connectivity index is 1.79. The number of hydrogen-bond acceptors (Lipinski definition) is 2. The maximum absolute atomic E-state index is 5.18. The van der Waals surface area contributed by atoms with Gasteiger partial charge in [0.05, 0.1) is 7.11 Å². The summed E-state index contributed by atoms with van der Waals surface area (Å²) < 4.78 is 5.18. The highest BCUT2D eigenvalue weighted by molar-refractivity contribution is 5.79. The van der Waals surface area contributed by atoms with E-state index in [0.717, 1.165) is 31.2 Å². The van der Waals surface area contributed by atoms with Gasteiger partial charge in [0.25, 0.3) is 0 Å². The van der Waals surface area contributed by atoms with Gasteiger partial charge in [-0.05, 0) is 49.1 Å². The van der Waals surface area contributed by atoms with Gasteiger partial charge < -0.3 is 15.4 Å². The zero-order chi connectivity index (χ0) is 17.4. The molecule has 0 saturated carbocycles. The lowest BCUT2D eigenvalue weighted by atomic mass is 10.1. The molecule has 128 valence electrons. The Bertz CT molecular complexity index is 678. The summed E-state index contributed by atoms with van der Waals surface area (Å²) in [6.07, 6.45) is 0.939. The maximum atomic E-state index is 5.18. The molecule has 2 N–H and O–H groups in total. The highest BCUT2D eigenvalue weighted by Crippen LogP contribution is 2.11. The molecule has 0 unspecified atom stereocenters. The van der Waals surface area contributed by atoms with E-state index in [-0.39, 0.29) is 0 Å². The summed E-state index contributed by atoms with van der Waals surface area (Å²) in [4.78, 5) is 4.28. The van der Waals surface area contributed by atoms with E-state index in [1.165, 1.54) is 22.3 Å². The molecule has 2 aromatic carbocycles. The molecule has 0 spiro atoms. The van der Waals surface area contributed by atoms with Crippen LogP contribution in [0.15, 0.2) is 47.5 Å². The van der Waals surface area contributed by atoms with Gasteiger partial charge in [-0.15, -0.1) is 0 Å². The van der Waals surface area contributed by atoms with E-state index < -0.39 is 0 Å². The van der Waals surface area contributed by atoms with Crippen molar-refractivity contribution < 1.29 is 4.74 Å². The van der Waals surface area contributed by atoms with Gasteiger partial charge in [-0.1, -0.05) is 35.9 Å². The van der Waals surface area contributed by atoms with Gasteiger partial charge in [-0.25, -0.2) is 0 Å². The number of ether oxygens (including phenoxy) is 1. The van der Waals surface area contributed by atoms with Crippen LogP contribution in [0.5, 0.6) is 5.75 Å². The van der Waals surface area contributed by atoms with E-state index in [9.17, 15) is 0 Å². The van der Waals surface area contributed by atoms with Crippen molar-refractivity contribution in [3.8, 4) is 5.75 Å². The monoisotopic (exact) mass is 325 g/mol. The number of benzene rings is 2. The Morgan fingerprint density at radius 3 is 2.42 bits per heavy atom. The molecule has 4 heteroatoms. The van der Waals surface area contributed by atoms with Crippen molar-refractivity contribution in [3.05, 3.63) is 64.7 Å². The second-order valence-electron chi connectivity index (χ2n) is 5.88. The van der Waals surface area contributed by atoms with Crippen molar-refractivity contribution in [2.24, 2.45) is 4.99 Å². The van der Waals surface area contributed by atoms with Crippen molar-refractivity contribution in [3.63, 3.8) is 0 Å². The summed E-state index contributed by atoms with van der Waals surface area (Å²) in [5.74, 6) is 1.71. The SMILES string of the molecule is CN=C(NCCc1ccc(OC)cc1)NCc1ccc(C)cc1C. The second kappa shape index (κ2) is 8.96. The minimum absolute atomic E-state index is 0.772. The third kappa shape index (κ3) is 5.30. The fourth-order valence-electron chi connectivity index (χ4n) is 2.56. The van der Waals surface area contributed by atoms with E-state index in [4.69, 9.17) is 4.74 Å². The average Bonchev–Trinajstić information content (AvgIpc) is 2.59. The number of methoxy groups -OCH3 is 1. The van der Waals surface area contributed by atoms with Gasteiger partial charge in [-0.3, -0.25) is 4.99 Å². The van der Waals surface area contributed by atoms with Gasteiger partial charge in [0.1, 0.15) is 5.75 Å². The minimum atomic E-state index is 0.772.